The molecule has 1 atom stereocenters. The lowest BCUT2D eigenvalue weighted by Crippen LogP contribution is -2.37. The van der Waals surface area contributed by atoms with Gasteiger partial charge in [0.2, 0.25) is 0 Å². The van der Waals surface area contributed by atoms with Gasteiger partial charge in [0.1, 0.15) is 17.1 Å². The molecule has 0 aromatic heterocycles. The third-order valence-electron chi connectivity index (χ3n) is 5.71. The van der Waals surface area contributed by atoms with Gasteiger partial charge in [0, 0.05) is 31.5 Å². The Morgan fingerprint density at radius 2 is 1.94 bits per heavy atom. The highest BCUT2D eigenvalue weighted by molar-refractivity contribution is 6.33. The molecule has 0 saturated carbocycles. The minimum atomic E-state index is -0.753. The number of piperidine rings is 1. The van der Waals surface area contributed by atoms with Crippen molar-refractivity contribution >= 4 is 29.2 Å². The van der Waals surface area contributed by atoms with Crippen molar-refractivity contribution < 1.29 is 29.4 Å². The fourth-order valence-electron chi connectivity index (χ4n) is 3.86. The van der Waals surface area contributed by atoms with Crippen molar-refractivity contribution in [3.05, 3.63) is 46.5 Å². The zero-order valence-electron chi connectivity index (χ0n) is 19.3. The Labute approximate surface area is 204 Å². The van der Waals surface area contributed by atoms with Gasteiger partial charge in [0.25, 0.3) is 5.91 Å². The number of hydrogen-bond donors (Lipinski definition) is 2. The predicted octanol–water partition coefficient (Wildman–Crippen LogP) is 4.38. The summed E-state index contributed by atoms with van der Waals surface area (Å²) in [5.41, 5.74) is 0.405. The van der Waals surface area contributed by atoms with Crippen LogP contribution in [0.25, 0.3) is 0 Å². The summed E-state index contributed by atoms with van der Waals surface area (Å²) in [6.07, 6.45) is 12.2. The summed E-state index contributed by atoms with van der Waals surface area (Å²) in [5, 5.41) is 24.6. The predicted molar refractivity (Wildman–Crippen MR) is 129 cm³/mol. The number of halogens is 1. The van der Waals surface area contributed by atoms with Crippen molar-refractivity contribution in [3.63, 3.8) is 0 Å². The number of allylic oxidation sites excluding steroid dienone is 3. The molecule has 0 radical (unpaired) electrons. The van der Waals surface area contributed by atoms with Crippen molar-refractivity contribution in [1.29, 1.82) is 0 Å². The molecule has 34 heavy (non-hydrogen) atoms. The number of benzene rings is 1. The van der Waals surface area contributed by atoms with Crippen LogP contribution in [0.1, 0.15) is 54.9 Å². The van der Waals surface area contributed by atoms with Crippen LogP contribution in [0.4, 0.5) is 0 Å². The second-order valence-corrected chi connectivity index (χ2v) is 8.92. The lowest BCUT2D eigenvalue weighted by atomic mass is 9.99. The highest BCUT2D eigenvalue weighted by Gasteiger charge is 2.25. The molecule has 2 heterocycles. The minimum Gasteiger partial charge on any atom is -0.507 e. The first-order valence-corrected chi connectivity index (χ1v) is 11.9. The van der Waals surface area contributed by atoms with Crippen LogP contribution in [-0.2, 0) is 20.8 Å². The summed E-state index contributed by atoms with van der Waals surface area (Å²) in [5.74, 6) is -1.70. The topological polar surface area (TPSA) is 109 Å². The molecule has 1 unspecified atom stereocenters. The van der Waals surface area contributed by atoms with Crippen LogP contribution >= 0.6 is 11.6 Å². The number of ether oxygens (including phenoxy) is 1. The standard InChI is InChI=1S/C25H31ClN2O6/c1-17-9-5-2-3-6-10-18(27-34-16-22(31)28-11-7-4-8-12-28)13-19-23(25(32)33-15-17)20(29)14-21(30)24(19)26/h5-6,9-10,14,17,29-30H,2-4,7-8,11-13,15-16H2,1H3/b9-5+,10-6+,27-18-. The van der Waals surface area contributed by atoms with Crippen molar-refractivity contribution in [3.8, 4) is 11.5 Å². The van der Waals surface area contributed by atoms with Crippen LogP contribution in [0, 0.1) is 5.92 Å². The Morgan fingerprint density at radius 3 is 2.71 bits per heavy atom. The van der Waals surface area contributed by atoms with E-state index >= 15 is 0 Å². The van der Waals surface area contributed by atoms with Gasteiger partial charge >= 0.3 is 5.97 Å². The van der Waals surface area contributed by atoms with Gasteiger partial charge in [-0.2, -0.15) is 0 Å². The molecule has 2 N–H and O–H groups in total. The quantitative estimate of drug-likeness (QED) is 0.370. The van der Waals surface area contributed by atoms with E-state index < -0.39 is 11.7 Å². The van der Waals surface area contributed by atoms with Crippen LogP contribution in [-0.4, -0.2) is 59.0 Å². The molecule has 8 nitrogen and oxygen atoms in total. The SMILES string of the molecule is CC1/C=C/CC/C=C/C(=N/OCC(=O)N2CCCCC2)Cc2c(Cl)c(O)cc(O)c2C(=O)OC1. The molecule has 3 rings (SSSR count). The van der Waals surface area contributed by atoms with Gasteiger partial charge in [-0.3, -0.25) is 4.79 Å². The molecular formula is C25H31ClN2O6. The Morgan fingerprint density at radius 1 is 1.21 bits per heavy atom. The maximum Gasteiger partial charge on any atom is 0.342 e. The summed E-state index contributed by atoms with van der Waals surface area (Å²) < 4.78 is 5.39. The Kier molecular flexibility index (Phi) is 9.39. The lowest BCUT2D eigenvalue weighted by molar-refractivity contribution is -0.137. The molecule has 1 fully saturated rings. The maximum atomic E-state index is 12.8. The molecule has 184 valence electrons. The van der Waals surface area contributed by atoms with E-state index in [1.807, 2.05) is 25.2 Å². The number of oxime groups is 1. The number of carbonyl (C=O) groups is 2. The van der Waals surface area contributed by atoms with Crippen LogP contribution in [0.15, 0.2) is 35.5 Å². The van der Waals surface area contributed by atoms with Crippen LogP contribution in [0.5, 0.6) is 11.5 Å². The Bertz CT molecular complexity index is 982. The van der Waals surface area contributed by atoms with Crippen molar-refractivity contribution in [2.24, 2.45) is 11.1 Å². The third-order valence-corrected chi connectivity index (χ3v) is 6.14. The maximum absolute atomic E-state index is 12.8. The van der Waals surface area contributed by atoms with Crippen molar-refractivity contribution in [2.75, 3.05) is 26.3 Å². The monoisotopic (exact) mass is 490 g/mol. The van der Waals surface area contributed by atoms with Gasteiger partial charge in [-0.05, 0) is 43.7 Å². The van der Waals surface area contributed by atoms with Gasteiger partial charge < -0.3 is 24.7 Å². The fourth-order valence-corrected chi connectivity index (χ4v) is 4.08. The van der Waals surface area contributed by atoms with E-state index in [-0.39, 0.29) is 53.4 Å². The molecular weight excluding hydrogens is 460 g/mol. The van der Waals surface area contributed by atoms with E-state index in [9.17, 15) is 19.8 Å². The summed E-state index contributed by atoms with van der Waals surface area (Å²) in [6.45, 7) is 3.28. The largest absolute Gasteiger partial charge is 0.507 e. The zero-order chi connectivity index (χ0) is 24.5. The summed E-state index contributed by atoms with van der Waals surface area (Å²) in [7, 11) is 0. The average molecular weight is 491 g/mol. The average Bonchev–Trinajstić information content (AvgIpc) is 2.82. The molecule has 1 aromatic rings. The summed E-state index contributed by atoms with van der Waals surface area (Å²) in [6, 6.07) is 1.01. The van der Waals surface area contributed by atoms with E-state index in [1.165, 1.54) is 0 Å². The van der Waals surface area contributed by atoms with Crippen molar-refractivity contribution in [1.82, 2.24) is 4.90 Å². The normalized spacial score (nSPS) is 22.9. The number of esters is 1. The number of amides is 1. The van der Waals surface area contributed by atoms with E-state index in [2.05, 4.69) is 5.16 Å². The van der Waals surface area contributed by atoms with Crippen LogP contribution in [0.3, 0.4) is 0 Å². The first-order valence-electron chi connectivity index (χ1n) is 11.6. The lowest BCUT2D eigenvalue weighted by Gasteiger charge is -2.26. The first-order chi connectivity index (χ1) is 16.4. The second-order valence-electron chi connectivity index (χ2n) is 8.54. The fraction of sp³-hybridized carbons (Fsp3) is 0.480. The number of carbonyl (C=O) groups excluding carboxylic acids is 2. The molecule has 1 amide bonds. The second kappa shape index (κ2) is 12.5. The zero-order valence-corrected chi connectivity index (χ0v) is 20.1. The summed E-state index contributed by atoms with van der Waals surface area (Å²) in [4.78, 5) is 32.3. The number of phenolic OH excluding ortho intramolecular Hbond substituents is 2. The number of fused-ring (bicyclic) bond motifs is 1. The van der Waals surface area contributed by atoms with Gasteiger partial charge in [0.15, 0.2) is 6.61 Å². The number of aromatic hydroxyl groups is 2. The molecule has 0 bridgehead atoms. The first kappa shape index (κ1) is 25.6. The number of rotatable bonds is 3. The third kappa shape index (κ3) is 7.00. The molecule has 1 saturated heterocycles. The van der Waals surface area contributed by atoms with E-state index in [1.54, 1.807) is 11.0 Å². The highest BCUT2D eigenvalue weighted by Crippen LogP contribution is 2.37. The highest BCUT2D eigenvalue weighted by atomic mass is 35.5. The van der Waals surface area contributed by atoms with E-state index in [0.717, 1.165) is 38.2 Å². The number of hydrogen-bond acceptors (Lipinski definition) is 7. The number of phenols is 2. The van der Waals surface area contributed by atoms with Crippen LogP contribution in [0.2, 0.25) is 5.02 Å². The smallest absolute Gasteiger partial charge is 0.342 e. The van der Waals surface area contributed by atoms with Gasteiger partial charge in [-0.15, -0.1) is 0 Å². The number of nitrogens with zero attached hydrogens (tertiary/aromatic N) is 2. The summed E-state index contributed by atoms with van der Waals surface area (Å²) >= 11 is 6.32. The Balaban J connectivity index is 1.88. The molecule has 2 aliphatic heterocycles. The minimum absolute atomic E-state index is 0.00276. The molecule has 2 aliphatic rings. The Hall–Kier alpha value is -3.00. The number of cyclic esters (lactones) is 1. The van der Waals surface area contributed by atoms with Crippen LogP contribution < -0.4 is 0 Å². The van der Waals surface area contributed by atoms with Crippen molar-refractivity contribution in [2.45, 2.75) is 45.4 Å². The number of likely N-dealkylation sites (tertiary alicyclic amines) is 1. The molecule has 0 spiro atoms. The van der Waals surface area contributed by atoms with Gasteiger partial charge in [-0.25, -0.2) is 4.79 Å². The molecule has 1 aromatic carbocycles. The van der Waals surface area contributed by atoms with E-state index in [0.29, 0.717) is 18.8 Å². The van der Waals surface area contributed by atoms with Gasteiger partial charge in [-0.1, -0.05) is 41.9 Å². The van der Waals surface area contributed by atoms with E-state index in [4.69, 9.17) is 21.2 Å². The molecule has 0 aliphatic carbocycles. The molecule has 9 heteroatoms. The van der Waals surface area contributed by atoms with Gasteiger partial charge in [0.05, 0.1) is 17.3 Å².